The van der Waals surface area contributed by atoms with Gasteiger partial charge in [0.25, 0.3) is 5.91 Å². The molecule has 0 saturated heterocycles. The molecule has 1 aromatic heterocycles. The Balaban J connectivity index is 1.51. The first-order chi connectivity index (χ1) is 17.6. The quantitative estimate of drug-likeness (QED) is 0.323. The van der Waals surface area contributed by atoms with Crippen molar-refractivity contribution >= 4 is 11.9 Å². The van der Waals surface area contributed by atoms with E-state index in [0.717, 1.165) is 11.1 Å². The molecule has 0 aliphatic heterocycles. The first-order valence-electron chi connectivity index (χ1n) is 11.5. The van der Waals surface area contributed by atoms with Gasteiger partial charge in [-0.05, 0) is 41.0 Å². The minimum atomic E-state index is -1.14. The van der Waals surface area contributed by atoms with Gasteiger partial charge < -0.3 is 19.9 Å². The van der Waals surface area contributed by atoms with Crippen molar-refractivity contribution < 1.29 is 24.2 Å². The second-order valence-electron chi connectivity index (χ2n) is 8.14. The molecule has 3 aromatic carbocycles. The molecule has 0 radical (unpaired) electrons. The van der Waals surface area contributed by atoms with Crippen LogP contribution < -0.4 is 14.8 Å². The van der Waals surface area contributed by atoms with Crippen molar-refractivity contribution in [3.63, 3.8) is 0 Å². The molecular formula is C29H26N2O5. The number of hydrogen-bond donors (Lipinski definition) is 2. The highest BCUT2D eigenvalue weighted by Gasteiger charge is 2.22. The Morgan fingerprint density at radius 2 is 1.42 bits per heavy atom. The van der Waals surface area contributed by atoms with Crippen LogP contribution in [0.4, 0.5) is 0 Å². The highest BCUT2D eigenvalue weighted by atomic mass is 16.5. The molecule has 36 heavy (non-hydrogen) atoms. The Morgan fingerprint density at radius 3 is 2.00 bits per heavy atom. The van der Waals surface area contributed by atoms with Gasteiger partial charge in [-0.3, -0.25) is 9.78 Å². The van der Waals surface area contributed by atoms with E-state index in [2.05, 4.69) is 10.3 Å². The molecule has 0 unspecified atom stereocenters. The average molecular weight is 483 g/mol. The van der Waals surface area contributed by atoms with Gasteiger partial charge in [0, 0.05) is 18.8 Å². The largest absolute Gasteiger partial charge is 0.485 e. The molecular weight excluding hydrogens is 456 g/mol. The lowest BCUT2D eigenvalue weighted by atomic mass is 10.0. The lowest BCUT2D eigenvalue weighted by Crippen LogP contribution is -2.42. The maximum atomic E-state index is 12.5. The number of pyridine rings is 1. The molecule has 1 atom stereocenters. The second-order valence-corrected chi connectivity index (χ2v) is 8.14. The van der Waals surface area contributed by atoms with Crippen LogP contribution in [0.2, 0.25) is 0 Å². The van der Waals surface area contributed by atoms with Gasteiger partial charge in [-0.1, -0.05) is 66.7 Å². The predicted octanol–water partition coefficient (Wildman–Crippen LogP) is 4.67. The molecule has 182 valence electrons. The summed E-state index contributed by atoms with van der Waals surface area (Å²) < 4.78 is 12.1. The summed E-state index contributed by atoms with van der Waals surface area (Å²) in [4.78, 5) is 28.3. The summed E-state index contributed by atoms with van der Waals surface area (Å²) in [5, 5.41) is 12.3. The van der Waals surface area contributed by atoms with Gasteiger partial charge in [0.2, 0.25) is 0 Å². The summed E-state index contributed by atoms with van der Waals surface area (Å²) in [7, 11) is 0. The van der Waals surface area contributed by atoms with Crippen molar-refractivity contribution in [3.8, 4) is 11.5 Å². The first kappa shape index (κ1) is 24.5. The zero-order valence-corrected chi connectivity index (χ0v) is 19.5. The van der Waals surface area contributed by atoms with Crippen molar-refractivity contribution in [2.75, 3.05) is 0 Å². The molecule has 0 aliphatic carbocycles. The number of aliphatic carboxylic acids is 1. The molecule has 0 fully saturated rings. The van der Waals surface area contributed by atoms with Gasteiger partial charge in [-0.25, -0.2) is 4.79 Å². The number of carboxylic acids is 1. The number of aromatic nitrogens is 1. The molecule has 0 spiro atoms. The van der Waals surface area contributed by atoms with E-state index in [4.69, 9.17) is 9.47 Å². The van der Waals surface area contributed by atoms with Crippen molar-refractivity contribution in [2.24, 2.45) is 0 Å². The molecule has 7 heteroatoms. The fraction of sp³-hybridized carbons (Fsp3) is 0.138. The van der Waals surface area contributed by atoms with Crippen LogP contribution in [0.25, 0.3) is 0 Å². The number of benzene rings is 3. The van der Waals surface area contributed by atoms with E-state index >= 15 is 0 Å². The number of amides is 1. The zero-order valence-electron chi connectivity index (χ0n) is 19.5. The summed E-state index contributed by atoms with van der Waals surface area (Å²) in [6.45, 7) is 0.687. The minimum absolute atomic E-state index is 0.0714. The molecule has 1 heterocycles. The molecule has 4 rings (SSSR count). The third kappa shape index (κ3) is 6.93. The summed E-state index contributed by atoms with van der Waals surface area (Å²) in [6, 6.07) is 26.9. The van der Waals surface area contributed by atoms with Crippen LogP contribution in [0.15, 0.2) is 103 Å². The van der Waals surface area contributed by atoms with Crippen molar-refractivity contribution in [1.29, 1.82) is 0 Å². The SMILES string of the molecule is O=C(N[C@@H](Cc1ccc(OCc2ccccc2)c(OCc2ccccc2)c1)C(=O)O)c1cccnc1. The van der Waals surface area contributed by atoms with Gasteiger partial charge in [0.1, 0.15) is 19.3 Å². The van der Waals surface area contributed by atoms with Crippen LogP contribution in [0.1, 0.15) is 27.0 Å². The van der Waals surface area contributed by atoms with Gasteiger partial charge >= 0.3 is 5.97 Å². The van der Waals surface area contributed by atoms with E-state index in [9.17, 15) is 14.7 Å². The Kier molecular flexibility index (Phi) is 8.27. The van der Waals surface area contributed by atoms with Gasteiger partial charge in [-0.15, -0.1) is 0 Å². The number of nitrogens with zero attached hydrogens (tertiary/aromatic N) is 1. The van der Waals surface area contributed by atoms with E-state index in [1.54, 1.807) is 36.5 Å². The maximum absolute atomic E-state index is 12.5. The molecule has 2 N–H and O–H groups in total. The summed E-state index contributed by atoms with van der Waals surface area (Å²) in [5.41, 5.74) is 2.98. The van der Waals surface area contributed by atoms with Crippen LogP contribution in [0.5, 0.6) is 11.5 Å². The number of carbonyl (C=O) groups excluding carboxylic acids is 1. The van der Waals surface area contributed by atoms with Crippen LogP contribution in [-0.4, -0.2) is 28.0 Å². The van der Waals surface area contributed by atoms with Crippen LogP contribution in [0.3, 0.4) is 0 Å². The second kappa shape index (κ2) is 12.2. The molecule has 0 saturated carbocycles. The minimum Gasteiger partial charge on any atom is -0.485 e. The summed E-state index contributed by atoms with van der Waals surface area (Å²) in [6.07, 6.45) is 3.01. The van der Waals surface area contributed by atoms with E-state index in [-0.39, 0.29) is 6.42 Å². The van der Waals surface area contributed by atoms with Gasteiger partial charge in [0.05, 0.1) is 5.56 Å². The van der Waals surface area contributed by atoms with Crippen LogP contribution in [-0.2, 0) is 24.4 Å². The number of nitrogens with one attached hydrogen (secondary N) is 1. The van der Waals surface area contributed by atoms with E-state index < -0.39 is 17.9 Å². The van der Waals surface area contributed by atoms with E-state index in [0.29, 0.717) is 35.8 Å². The van der Waals surface area contributed by atoms with Crippen LogP contribution >= 0.6 is 0 Å². The Bertz CT molecular complexity index is 1280. The van der Waals surface area contributed by atoms with Gasteiger partial charge in [-0.2, -0.15) is 0 Å². The standard InChI is InChI=1S/C29H26N2O5/c32-28(24-12-7-15-30-18-24)31-25(29(33)34)16-23-13-14-26(35-19-21-8-3-1-4-9-21)27(17-23)36-20-22-10-5-2-6-11-22/h1-15,17-18,25H,16,19-20H2,(H,31,32)(H,33,34)/t25-/m0/s1. The highest BCUT2D eigenvalue weighted by molar-refractivity contribution is 5.96. The van der Waals surface area contributed by atoms with Crippen molar-refractivity contribution in [3.05, 3.63) is 126 Å². The van der Waals surface area contributed by atoms with Crippen molar-refractivity contribution in [1.82, 2.24) is 10.3 Å². The average Bonchev–Trinajstić information content (AvgIpc) is 2.92. The highest BCUT2D eigenvalue weighted by Crippen LogP contribution is 2.30. The number of rotatable bonds is 11. The summed E-state index contributed by atoms with van der Waals surface area (Å²) >= 11 is 0. The lowest BCUT2D eigenvalue weighted by Gasteiger charge is -2.17. The van der Waals surface area contributed by atoms with E-state index in [1.807, 2.05) is 60.7 Å². The monoisotopic (exact) mass is 482 g/mol. The lowest BCUT2D eigenvalue weighted by molar-refractivity contribution is -0.139. The maximum Gasteiger partial charge on any atom is 0.326 e. The molecule has 0 aliphatic rings. The normalized spacial score (nSPS) is 11.3. The topological polar surface area (TPSA) is 97.8 Å². The fourth-order valence-corrected chi connectivity index (χ4v) is 3.56. The molecule has 1 amide bonds. The fourth-order valence-electron chi connectivity index (χ4n) is 3.56. The number of ether oxygens (including phenoxy) is 2. The Labute approximate surface area is 209 Å². The van der Waals surface area contributed by atoms with E-state index in [1.165, 1.54) is 6.20 Å². The summed E-state index contributed by atoms with van der Waals surface area (Å²) in [5.74, 6) is -0.595. The van der Waals surface area contributed by atoms with Crippen molar-refractivity contribution in [2.45, 2.75) is 25.7 Å². The van der Waals surface area contributed by atoms with Crippen LogP contribution in [0, 0.1) is 0 Å². The molecule has 7 nitrogen and oxygen atoms in total. The number of hydrogen-bond acceptors (Lipinski definition) is 5. The first-order valence-corrected chi connectivity index (χ1v) is 11.5. The smallest absolute Gasteiger partial charge is 0.326 e. The predicted molar refractivity (Wildman–Crippen MR) is 135 cm³/mol. The Hall–Kier alpha value is -4.65. The zero-order chi connectivity index (χ0) is 25.2. The number of carbonyl (C=O) groups is 2. The Morgan fingerprint density at radius 1 is 0.778 bits per heavy atom. The number of carboxylic acid groups (broad SMARTS) is 1. The molecule has 0 bridgehead atoms. The van der Waals surface area contributed by atoms with Gasteiger partial charge in [0.15, 0.2) is 11.5 Å². The third-order valence-corrected chi connectivity index (χ3v) is 5.45. The molecule has 4 aromatic rings. The third-order valence-electron chi connectivity index (χ3n) is 5.45.